The Balaban J connectivity index is 1.55. The van der Waals surface area contributed by atoms with E-state index in [0.29, 0.717) is 22.7 Å². The molecule has 2 aromatic carbocycles. The van der Waals surface area contributed by atoms with Crippen LogP contribution in [0.25, 0.3) is 0 Å². The number of rotatable bonds is 6. The number of benzene rings is 2. The lowest BCUT2D eigenvalue weighted by Crippen LogP contribution is -2.20. The van der Waals surface area contributed by atoms with Gasteiger partial charge in [0.1, 0.15) is 5.75 Å². The van der Waals surface area contributed by atoms with E-state index < -0.39 is 0 Å². The van der Waals surface area contributed by atoms with E-state index >= 15 is 0 Å². The molecule has 1 amide bonds. The van der Waals surface area contributed by atoms with Gasteiger partial charge in [-0.2, -0.15) is 5.10 Å². The summed E-state index contributed by atoms with van der Waals surface area (Å²) in [7, 11) is 1.77. The minimum absolute atomic E-state index is 0.0555. The fourth-order valence-electron chi connectivity index (χ4n) is 2.27. The highest BCUT2D eigenvalue weighted by atomic mass is 16.5. The van der Waals surface area contributed by atoms with Crippen molar-refractivity contribution in [2.24, 2.45) is 7.05 Å². The highest BCUT2D eigenvalue weighted by Gasteiger charge is 2.09. The molecule has 0 unspecified atom stereocenters. The zero-order valence-electron chi connectivity index (χ0n) is 13.7. The van der Waals surface area contributed by atoms with E-state index in [0.717, 1.165) is 0 Å². The van der Waals surface area contributed by atoms with Crippen LogP contribution < -0.4 is 10.1 Å². The summed E-state index contributed by atoms with van der Waals surface area (Å²) in [6.07, 6.45) is 1.74. The predicted molar refractivity (Wildman–Crippen MR) is 93.6 cm³/mol. The first-order valence-electron chi connectivity index (χ1n) is 7.74. The number of aryl methyl sites for hydroxylation is 1. The molecule has 1 aromatic heterocycles. The Hall–Kier alpha value is -3.41. The Labute approximate surface area is 145 Å². The molecule has 0 aliphatic carbocycles. The number of hydrogen-bond acceptors (Lipinski definition) is 4. The lowest BCUT2D eigenvalue weighted by atomic mass is 10.0. The van der Waals surface area contributed by atoms with Crippen LogP contribution in [0.2, 0.25) is 0 Å². The van der Waals surface area contributed by atoms with Crippen molar-refractivity contribution in [3.63, 3.8) is 0 Å². The maximum Gasteiger partial charge on any atom is 0.263 e. The van der Waals surface area contributed by atoms with Crippen LogP contribution in [0.5, 0.6) is 5.75 Å². The molecule has 3 rings (SSSR count). The number of anilines is 1. The molecule has 0 fully saturated rings. The van der Waals surface area contributed by atoms with E-state index in [-0.39, 0.29) is 18.3 Å². The Bertz CT molecular complexity index is 870. The standard InChI is InChI=1S/C19H17N3O3/c1-22-12-11-17(21-22)20-18(23)13-25-16-9-7-15(8-10-16)19(24)14-5-3-2-4-6-14/h2-12H,13H2,1H3,(H,20,21,23). The van der Waals surface area contributed by atoms with Crippen LogP contribution in [0, 0.1) is 0 Å². The van der Waals surface area contributed by atoms with Crippen LogP contribution in [-0.4, -0.2) is 28.1 Å². The molecule has 6 heteroatoms. The molecule has 0 radical (unpaired) electrons. The van der Waals surface area contributed by atoms with Gasteiger partial charge in [0.2, 0.25) is 0 Å². The van der Waals surface area contributed by atoms with Gasteiger partial charge in [-0.3, -0.25) is 14.3 Å². The van der Waals surface area contributed by atoms with Gasteiger partial charge in [-0.05, 0) is 24.3 Å². The highest BCUT2D eigenvalue weighted by molar-refractivity contribution is 6.09. The van der Waals surface area contributed by atoms with Crippen molar-refractivity contribution in [1.82, 2.24) is 9.78 Å². The molecule has 25 heavy (non-hydrogen) atoms. The zero-order chi connectivity index (χ0) is 17.6. The molecule has 3 aromatic rings. The largest absolute Gasteiger partial charge is 0.484 e. The first-order valence-corrected chi connectivity index (χ1v) is 7.74. The fraction of sp³-hybridized carbons (Fsp3) is 0.105. The monoisotopic (exact) mass is 335 g/mol. The lowest BCUT2D eigenvalue weighted by molar-refractivity contribution is -0.118. The summed E-state index contributed by atoms with van der Waals surface area (Å²) in [5.74, 6) is 0.629. The molecule has 1 N–H and O–H groups in total. The minimum Gasteiger partial charge on any atom is -0.484 e. The van der Waals surface area contributed by atoms with E-state index in [9.17, 15) is 9.59 Å². The molecule has 0 bridgehead atoms. The number of carbonyl (C=O) groups is 2. The third-order valence-electron chi connectivity index (χ3n) is 3.50. The number of hydrogen-bond donors (Lipinski definition) is 1. The van der Waals surface area contributed by atoms with Gasteiger partial charge in [0.05, 0.1) is 0 Å². The second-order valence-electron chi connectivity index (χ2n) is 5.43. The summed E-state index contributed by atoms with van der Waals surface area (Å²) in [5, 5.41) is 6.69. The number of ether oxygens (including phenoxy) is 1. The number of carbonyl (C=O) groups excluding carboxylic acids is 2. The van der Waals surface area contributed by atoms with Crippen molar-refractivity contribution < 1.29 is 14.3 Å². The average molecular weight is 335 g/mol. The lowest BCUT2D eigenvalue weighted by Gasteiger charge is -2.07. The molecule has 0 aliphatic heterocycles. The Morgan fingerprint density at radius 2 is 1.68 bits per heavy atom. The zero-order valence-corrected chi connectivity index (χ0v) is 13.7. The van der Waals surface area contributed by atoms with Crippen molar-refractivity contribution in [3.05, 3.63) is 78.0 Å². The molecule has 0 atom stereocenters. The van der Waals surface area contributed by atoms with Crippen molar-refractivity contribution >= 4 is 17.5 Å². The average Bonchev–Trinajstić information content (AvgIpc) is 3.05. The summed E-state index contributed by atoms with van der Waals surface area (Å²) in [6.45, 7) is -0.136. The van der Waals surface area contributed by atoms with Crippen molar-refractivity contribution in [2.45, 2.75) is 0 Å². The topological polar surface area (TPSA) is 73.2 Å². The van der Waals surface area contributed by atoms with Gasteiger partial charge in [-0.25, -0.2) is 0 Å². The molecule has 1 heterocycles. The third-order valence-corrected chi connectivity index (χ3v) is 3.50. The number of aromatic nitrogens is 2. The Morgan fingerprint density at radius 1 is 1.00 bits per heavy atom. The van der Waals surface area contributed by atoms with Crippen LogP contribution in [0.4, 0.5) is 5.82 Å². The summed E-state index contributed by atoms with van der Waals surface area (Å²) in [5.41, 5.74) is 1.20. The smallest absolute Gasteiger partial charge is 0.263 e. The molecular formula is C19H17N3O3. The quantitative estimate of drug-likeness (QED) is 0.703. The van der Waals surface area contributed by atoms with Gasteiger partial charge < -0.3 is 10.1 Å². The van der Waals surface area contributed by atoms with Crippen LogP contribution >= 0.6 is 0 Å². The van der Waals surface area contributed by atoms with Crippen molar-refractivity contribution in [1.29, 1.82) is 0 Å². The number of nitrogens with one attached hydrogen (secondary N) is 1. The highest BCUT2D eigenvalue weighted by Crippen LogP contribution is 2.15. The van der Waals surface area contributed by atoms with Crippen LogP contribution in [-0.2, 0) is 11.8 Å². The van der Waals surface area contributed by atoms with E-state index in [1.807, 2.05) is 18.2 Å². The maximum absolute atomic E-state index is 12.3. The molecule has 0 saturated carbocycles. The van der Waals surface area contributed by atoms with E-state index in [4.69, 9.17) is 4.74 Å². The first-order chi connectivity index (χ1) is 12.1. The number of amides is 1. The van der Waals surface area contributed by atoms with Crippen LogP contribution in [0.15, 0.2) is 66.9 Å². The maximum atomic E-state index is 12.3. The molecule has 0 saturated heterocycles. The van der Waals surface area contributed by atoms with Gasteiger partial charge in [-0.1, -0.05) is 30.3 Å². The Morgan fingerprint density at radius 3 is 2.32 bits per heavy atom. The first kappa shape index (κ1) is 16.4. The summed E-state index contributed by atoms with van der Waals surface area (Å²) in [4.78, 5) is 24.1. The minimum atomic E-state index is -0.303. The third kappa shape index (κ3) is 4.32. The van der Waals surface area contributed by atoms with Crippen molar-refractivity contribution in [2.75, 3.05) is 11.9 Å². The normalized spacial score (nSPS) is 10.3. The summed E-state index contributed by atoms with van der Waals surface area (Å²) >= 11 is 0. The Kier molecular flexibility index (Phi) is 4.89. The van der Waals surface area contributed by atoms with Crippen LogP contribution in [0.1, 0.15) is 15.9 Å². The van der Waals surface area contributed by atoms with E-state index in [1.54, 1.807) is 60.4 Å². The summed E-state index contributed by atoms with van der Waals surface area (Å²) in [6, 6.07) is 17.5. The van der Waals surface area contributed by atoms with Gasteiger partial charge in [-0.15, -0.1) is 0 Å². The molecule has 126 valence electrons. The van der Waals surface area contributed by atoms with Gasteiger partial charge >= 0.3 is 0 Å². The van der Waals surface area contributed by atoms with Gasteiger partial charge in [0, 0.05) is 30.4 Å². The summed E-state index contributed by atoms with van der Waals surface area (Å²) < 4.78 is 7.03. The molecule has 0 aliphatic rings. The molecule has 6 nitrogen and oxygen atoms in total. The van der Waals surface area contributed by atoms with E-state index in [1.165, 1.54) is 0 Å². The van der Waals surface area contributed by atoms with Gasteiger partial charge in [0.25, 0.3) is 5.91 Å². The van der Waals surface area contributed by atoms with Gasteiger partial charge in [0.15, 0.2) is 18.2 Å². The molecular weight excluding hydrogens is 318 g/mol. The number of nitrogens with zero attached hydrogens (tertiary/aromatic N) is 2. The van der Waals surface area contributed by atoms with Crippen molar-refractivity contribution in [3.8, 4) is 5.75 Å². The van der Waals surface area contributed by atoms with Crippen LogP contribution in [0.3, 0.4) is 0 Å². The number of ketones is 1. The second-order valence-corrected chi connectivity index (χ2v) is 5.43. The fourth-order valence-corrected chi connectivity index (χ4v) is 2.27. The van der Waals surface area contributed by atoms with E-state index in [2.05, 4.69) is 10.4 Å². The second kappa shape index (κ2) is 7.44. The molecule has 0 spiro atoms. The SMILES string of the molecule is Cn1ccc(NC(=O)COc2ccc(C(=O)c3ccccc3)cc2)n1. The predicted octanol–water partition coefficient (Wildman–Crippen LogP) is 2.67.